The molecule has 2 aliphatic heterocycles. The Morgan fingerprint density at radius 3 is 2.50 bits per heavy atom. The predicted octanol–water partition coefficient (Wildman–Crippen LogP) is 3.80. The molecule has 1 aromatic heterocycles. The molecule has 0 aliphatic carbocycles. The lowest BCUT2D eigenvalue weighted by Crippen LogP contribution is -2.39. The molecule has 3 aromatic rings. The molecule has 0 radical (unpaired) electrons. The maximum atomic E-state index is 12.9. The van der Waals surface area contributed by atoms with Crippen LogP contribution in [-0.4, -0.2) is 49.7 Å². The molecule has 3 N–H and O–H groups in total. The number of thiophene rings is 1. The quantitative estimate of drug-likeness (QED) is 0.422. The Bertz CT molecular complexity index is 1460. The maximum Gasteiger partial charge on any atom is 0.425 e. The highest BCUT2D eigenvalue weighted by Crippen LogP contribution is 2.37. The Morgan fingerprint density at radius 1 is 1.08 bits per heavy atom. The van der Waals surface area contributed by atoms with E-state index in [-0.39, 0.29) is 17.4 Å². The summed E-state index contributed by atoms with van der Waals surface area (Å²) in [6.07, 6.45) is -5.02. The van der Waals surface area contributed by atoms with Crippen molar-refractivity contribution in [3.05, 3.63) is 87.1 Å². The lowest BCUT2D eigenvalue weighted by Gasteiger charge is -2.26. The number of nitrogens with zero attached hydrogens (tertiary/aromatic N) is 2. The number of amidine groups is 1. The number of carbonyl (C=O) groups excluding carboxylic acids is 1. The van der Waals surface area contributed by atoms with Crippen molar-refractivity contribution in [2.24, 2.45) is 4.99 Å². The molecule has 38 heavy (non-hydrogen) atoms. The van der Waals surface area contributed by atoms with E-state index in [9.17, 15) is 26.4 Å². The fourth-order valence-corrected chi connectivity index (χ4v) is 6.30. The second-order valence-corrected chi connectivity index (χ2v) is 12.4. The van der Waals surface area contributed by atoms with Gasteiger partial charge in [-0.25, -0.2) is 18.8 Å². The minimum atomic E-state index is -4.39. The van der Waals surface area contributed by atoms with Gasteiger partial charge >= 0.3 is 6.18 Å². The van der Waals surface area contributed by atoms with Crippen molar-refractivity contribution in [2.45, 2.75) is 18.9 Å². The van der Waals surface area contributed by atoms with Crippen LogP contribution in [-0.2, 0) is 22.6 Å². The number of hydrogen-bond acceptors (Lipinski definition) is 8. The number of carbonyl (C=O) groups is 1. The van der Waals surface area contributed by atoms with E-state index in [1.54, 1.807) is 42.5 Å². The van der Waals surface area contributed by atoms with E-state index in [2.05, 4.69) is 26.1 Å². The SMILES string of the molecule is O=C(Nc1ccc(C2=NC(c3ccc(C(F)(F)F)s3)NN2)cc1)c1cccc(CN2CCS(=O)(=O)CC2)c1. The summed E-state index contributed by atoms with van der Waals surface area (Å²) >= 11 is 0.643. The molecule has 3 heterocycles. The van der Waals surface area contributed by atoms with Gasteiger partial charge < -0.3 is 10.7 Å². The molecule has 0 bridgehead atoms. The highest BCUT2D eigenvalue weighted by molar-refractivity contribution is 7.91. The van der Waals surface area contributed by atoms with Crippen LogP contribution in [0, 0.1) is 0 Å². The van der Waals surface area contributed by atoms with E-state index < -0.39 is 27.1 Å². The van der Waals surface area contributed by atoms with Crippen LogP contribution in [0.15, 0.2) is 65.7 Å². The molecule has 2 aromatic carbocycles. The standard InChI is InChI=1S/C25H24F3N5O3S2/c26-25(27,28)21-9-8-20(37-21)23-30-22(31-32-23)17-4-6-19(7-5-17)29-24(34)18-3-1-2-16(14-18)15-33-10-12-38(35,36)13-11-33/h1-9,14,23,32H,10-13,15H2,(H,29,34)(H,30,31). The number of hydrazine groups is 1. The van der Waals surface area contributed by atoms with E-state index in [4.69, 9.17) is 0 Å². The van der Waals surface area contributed by atoms with Crippen LogP contribution < -0.4 is 16.2 Å². The zero-order valence-corrected chi connectivity index (χ0v) is 21.6. The second kappa shape index (κ2) is 10.5. The number of amides is 1. The monoisotopic (exact) mass is 563 g/mol. The third-order valence-electron chi connectivity index (χ3n) is 6.21. The first kappa shape index (κ1) is 26.4. The summed E-state index contributed by atoms with van der Waals surface area (Å²) in [5, 5.41) is 2.86. The third-order valence-corrected chi connectivity index (χ3v) is 9.00. The van der Waals surface area contributed by atoms with Gasteiger partial charge in [0.05, 0.1) is 11.5 Å². The van der Waals surface area contributed by atoms with Crippen molar-refractivity contribution in [3.8, 4) is 0 Å². The molecule has 0 saturated carbocycles. The lowest BCUT2D eigenvalue weighted by molar-refractivity contribution is -0.134. The van der Waals surface area contributed by atoms with Gasteiger partial charge in [-0.15, -0.1) is 11.3 Å². The van der Waals surface area contributed by atoms with E-state index in [0.717, 1.165) is 11.6 Å². The number of alkyl halides is 3. The first-order valence-corrected chi connectivity index (χ1v) is 14.4. The van der Waals surface area contributed by atoms with Gasteiger partial charge in [0.1, 0.15) is 10.7 Å². The Balaban J connectivity index is 1.20. The molecule has 1 unspecified atom stereocenters. The average Bonchev–Trinajstić information content (AvgIpc) is 3.56. The van der Waals surface area contributed by atoms with Crippen molar-refractivity contribution in [3.63, 3.8) is 0 Å². The highest BCUT2D eigenvalue weighted by atomic mass is 32.2. The molecule has 1 saturated heterocycles. The summed E-state index contributed by atoms with van der Waals surface area (Å²) in [5.74, 6) is 0.495. The van der Waals surface area contributed by atoms with Gasteiger partial charge in [0.2, 0.25) is 0 Å². The Morgan fingerprint density at radius 2 is 1.82 bits per heavy atom. The largest absolute Gasteiger partial charge is 0.425 e. The molecule has 1 amide bonds. The van der Waals surface area contributed by atoms with Gasteiger partial charge in [-0.2, -0.15) is 13.2 Å². The maximum absolute atomic E-state index is 12.9. The van der Waals surface area contributed by atoms with Crippen molar-refractivity contribution >= 4 is 38.6 Å². The van der Waals surface area contributed by atoms with Crippen molar-refractivity contribution in [1.29, 1.82) is 0 Å². The number of benzene rings is 2. The van der Waals surface area contributed by atoms with Crippen LogP contribution in [0.4, 0.5) is 18.9 Å². The normalized spacial score (nSPS) is 19.6. The summed E-state index contributed by atoms with van der Waals surface area (Å²) in [4.78, 5) is 19.1. The molecule has 5 rings (SSSR count). The van der Waals surface area contributed by atoms with E-state index >= 15 is 0 Å². The number of aliphatic imine (C=N–C) groups is 1. The third kappa shape index (κ3) is 6.23. The first-order valence-electron chi connectivity index (χ1n) is 11.8. The lowest BCUT2D eigenvalue weighted by atomic mass is 10.1. The van der Waals surface area contributed by atoms with Crippen LogP contribution in [0.25, 0.3) is 0 Å². The van der Waals surface area contributed by atoms with Gasteiger partial charge in [-0.1, -0.05) is 12.1 Å². The molecule has 2 aliphatic rings. The van der Waals surface area contributed by atoms with Gasteiger partial charge in [0.25, 0.3) is 5.91 Å². The van der Waals surface area contributed by atoms with Crippen LogP contribution in [0.1, 0.15) is 37.4 Å². The number of rotatable bonds is 6. The van der Waals surface area contributed by atoms with Crippen molar-refractivity contribution < 1.29 is 26.4 Å². The zero-order valence-electron chi connectivity index (χ0n) is 20.0. The number of nitrogens with one attached hydrogen (secondary N) is 3. The fourth-order valence-electron chi connectivity index (χ4n) is 4.16. The van der Waals surface area contributed by atoms with Crippen molar-refractivity contribution in [2.75, 3.05) is 29.9 Å². The molecular formula is C25H24F3N5O3S2. The molecule has 0 spiro atoms. The molecule has 1 atom stereocenters. The van der Waals surface area contributed by atoms with Crippen molar-refractivity contribution in [1.82, 2.24) is 15.8 Å². The summed E-state index contributed by atoms with van der Waals surface area (Å²) in [6.45, 7) is 1.52. The Labute approximate surface area is 221 Å². The van der Waals surface area contributed by atoms with Gasteiger partial charge in [-0.05, 0) is 54.1 Å². The average molecular weight is 564 g/mol. The zero-order chi connectivity index (χ0) is 26.9. The van der Waals surface area contributed by atoms with Crippen LogP contribution >= 0.6 is 11.3 Å². The Kier molecular flexibility index (Phi) is 7.27. The molecule has 200 valence electrons. The minimum absolute atomic E-state index is 0.148. The van der Waals surface area contributed by atoms with E-state index in [1.165, 1.54) is 6.07 Å². The van der Waals surface area contributed by atoms with Crippen LogP contribution in [0.2, 0.25) is 0 Å². The fraction of sp³-hybridized carbons (Fsp3) is 0.280. The van der Waals surface area contributed by atoms with E-state index in [0.29, 0.717) is 58.5 Å². The topological polar surface area (TPSA) is 103 Å². The van der Waals surface area contributed by atoms with E-state index in [1.807, 2.05) is 6.07 Å². The molecular weight excluding hydrogens is 539 g/mol. The Hall–Kier alpha value is -3.26. The summed E-state index contributed by atoms with van der Waals surface area (Å²) < 4.78 is 62.0. The molecule has 8 nitrogen and oxygen atoms in total. The van der Waals surface area contributed by atoms with Crippen LogP contribution in [0.3, 0.4) is 0 Å². The molecule has 13 heteroatoms. The summed E-state index contributed by atoms with van der Waals surface area (Å²) in [5.41, 5.74) is 8.46. The smallest absolute Gasteiger partial charge is 0.322 e. The van der Waals surface area contributed by atoms with Gasteiger partial charge in [0, 0.05) is 41.3 Å². The number of hydrogen-bond donors (Lipinski definition) is 3. The molecule has 1 fully saturated rings. The summed E-state index contributed by atoms with van der Waals surface area (Å²) in [6, 6.07) is 16.6. The van der Waals surface area contributed by atoms with Crippen LogP contribution in [0.5, 0.6) is 0 Å². The summed E-state index contributed by atoms with van der Waals surface area (Å²) in [7, 11) is -2.95. The predicted molar refractivity (Wildman–Crippen MR) is 140 cm³/mol. The number of halogens is 3. The minimum Gasteiger partial charge on any atom is -0.322 e. The van der Waals surface area contributed by atoms with Gasteiger partial charge in [0.15, 0.2) is 16.0 Å². The number of sulfone groups is 1. The first-order chi connectivity index (χ1) is 18.1. The highest BCUT2D eigenvalue weighted by Gasteiger charge is 2.33. The number of anilines is 1. The van der Waals surface area contributed by atoms with Gasteiger partial charge in [-0.3, -0.25) is 9.69 Å². The second-order valence-electron chi connectivity index (χ2n) is 9.01.